The first kappa shape index (κ1) is 13.9. The SMILES string of the molecule is CCC1(OC(=O)C(C)C(=O)O)CC2CC1C1CCCC21. The van der Waals surface area contributed by atoms with E-state index in [9.17, 15) is 9.59 Å². The summed E-state index contributed by atoms with van der Waals surface area (Å²) in [4.78, 5) is 23.0. The van der Waals surface area contributed by atoms with Crippen LogP contribution in [0, 0.1) is 29.6 Å². The predicted molar refractivity (Wildman–Crippen MR) is 73.0 cm³/mol. The highest BCUT2D eigenvalue weighted by Gasteiger charge is 2.62. The molecule has 0 saturated heterocycles. The summed E-state index contributed by atoms with van der Waals surface area (Å²) < 4.78 is 5.79. The van der Waals surface area contributed by atoms with Crippen LogP contribution in [0.5, 0.6) is 0 Å². The maximum Gasteiger partial charge on any atom is 0.320 e. The molecule has 6 atom stereocenters. The molecule has 0 heterocycles. The van der Waals surface area contributed by atoms with Gasteiger partial charge in [-0.05, 0) is 56.8 Å². The fourth-order valence-electron chi connectivity index (χ4n) is 5.20. The Labute approximate surface area is 119 Å². The van der Waals surface area contributed by atoms with E-state index in [-0.39, 0.29) is 5.60 Å². The van der Waals surface area contributed by atoms with Crippen molar-refractivity contribution >= 4 is 11.9 Å². The number of hydrogen-bond donors (Lipinski definition) is 1. The fourth-order valence-corrected chi connectivity index (χ4v) is 5.20. The molecular formula is C16H24O4. The van der Waals surface area contributed by atoms with Crippen molar-refractivity contribution in [3.63, 3.8) is 0 Å². The average Bonchev–Trinajstić information content (AvgIpc) is 3.08. The Balaban J connectivity index is 1.77. The van der Waals surface area contributed by atoms with Crippen molar-refractivity contribution in [3.8, 4) is 0 Å². The van der Waals surface area contributed by atoms with Gasteiger partial charge in [0.1, 0.15) is 5.60 Å². The molecule has 3 rings (SSSR count). The Morgan fingerprint density at radius 3 is 2.70 bits per heavy atom. The lowest BCUT2D eigenvalue weighted by Crippen LogP contribution is -2.46. The third-order valence-corrected chi connectivity index (χ3v) is 6.21. The molecule has 3 aliphatic carbocycles. The summed E-state index contributed by atoms with van der Waals surface area (Å²) in [5.74, 6) is 0.00811. The molecule has 0 radical (unpaired) electrons. The second-order valence-corrected chi connectivity index (χ2v) is 6.96. The molecule has 0 aromatic heterocycles. The molecule has 4 heteroatoms. The van der Waals surface area contributed by atoms with Crippen molar-refractivity contribution in [2.45, 2.75) is 58.0 Å². The largest absolute Gasteiger partial charge is 0.481 e. The fraction of sp³-hybridized carbons (Fsp3) is 0.875. The van der Waals surface area contributed by atoms with Gasteiger partial charge < -0.3 is 9.84 Å². The number of carboxylic acids is 1. The first-order valence-corrected chi connectivity index (χ1v) is 7.94. The summed E-state index contributed by atoms with van der Waals surface area (Å²) in [6, 6.07) is 0. The second kappa shape index (κ2) is 4.74. The highest BCUT2D eigenvalue weighted by Crippen LogP contribution is 2.64. The van der Waals surface area contributed by atoms with Crippen molar-refractivity contribution in [3.05, 3.63) is 0 Å². The van der Waals surface area contributed by atoms with Gasteiger partial charge in [0.05, 0.1) is 0 Å². The molecule has 2 bridgehead atoms. The van der Waals surface area contributed by atoms with Crippen LogP contribution >= 0.6 is 0 Å². The van der Waals surface area contributed by atoms with E-state index < -0.39 is 17.9 Å². The normalized spacial score (nSPS) is 43.3. The van der Waals surface area contributed by atoms with Crippen molar-refractivity contribution in [1.82, 2.24) is 0 Å². The lowest BCUT2D eigenvalue weighted by Gasteiger charge is -2.42. The van der Waals surface area contributed by atoms with Gasteiger partial charge in [0.15, 0.2) is 5.92 Å². The van der Waals surface area contributed by atoms with Crippen LogP contribution < -0.4 is 0 Å². The number of ether oxygens (including phenoxy) is 1. The number of carboxylic acid groups (broad SMARTS) is 1. The van der Waals surface area contributed by atoms with Gasteiger partial charge in [0.2, 0.25) is 0 Å². The molecule has 1 N–H and O–H groups in total. The minimum Gasteiger partial charge on any atom is -0.481 e. The Hall–Kier alpha value is -1.06. The zero-order chi connectivity index (χ0) is 14.5. The van der Waals surface area contributed by atoms with Crippen molar-refractivity contribution < 1.29 is 19.4 Å². The highest BCUT2D eigenvalue weighted by molar-refractivity contribution is 5.93. The number of carbonyl (C=O) groups excluding carboxylic acids is 1. The number of aliphatic carboxylic acids is 1. The minimum atomic E-state index is -1.09. The molecule has 3 fully saturated rings. The zero-order valence-corrected chi connectivity index (χ0v) is 12.3. The van der Waals surface area contributed by atoms with Gasteiger partial charge in [0.25, 0.3) is 0 Å². The lowest BCUT2D eigenvalue weighted by atomic mass is 9.71. The lowest BCUT2D eigenvalue weighted by molar-refractivity contribution is -0.178. The molecule has 20 heavy (non-hydrogen) atoms. The third kappa shape index (κ3) is 1.87. The quantitative estimate of drug-likeness (QED) is 0.635. The zero-order valence-electron chi connectivity index (χ0n) is 12.3. The minimum absolute atomic E-state index is 0.378. The summed E-state index contributed by atoms with van der Waals surface area (Å²) in [6.45, 7) is 3.49. The monoisotopic (exact) mass is 280 g/mol. The second-order valence-electron chi connectivity index (χ2n) is 6.96. The van der Waals surface area contributed by atoms with Crippen LogP contribution in [0.3, 0.4) is 0 Å². The maximum atomic E-state index is 12.1. The van der Waals surface area contributed by atoms with E-state index >= 15 is 0 Å². The summed E-state index contributed by atoms with van der Waals surface area (Å²) >= 11 is 0. The molecule has 0 aromatic rings. The first-order valence-electron chi connectivity index (χ1n) is 7.94. The van der Waals surface area contributed by atoms with Crippen molar-refractivity contribution in [1.29, 1.82) is 0 Å². The van der Waals surface area contributed by atoms with Gasteiger partial charge in [0, 0.05) is 5.92 Å². The van der Waals surface area contributed by atoms with Crippen LogP contribution in [0.1, 0.15) is 52.4 Å². The Morgan fingerprint density at radius 2 is 2.05 bits per heavy atom. The summed E-state index contributed by atoms with van der Waals surface area (Å²) in [7, 11) is 0. The highest BCUT2D eigenvalue weighted by atomic mass is 16.6. The summed E-state index contributed by atoms with van der Waals surface area (Å²) in [5.41, 5.74) is -0.378. The first-order chi connectivity index (χ1) is 9.48. The number of hydrogen-bond acceptors (Lipinski definition) is 3. The Morgan fingerprint density at radius 1 is 1.35 bits per heavy atom. The molecule has 0 amide bonds. The number of fused-ring (bicyclic) bond motifs is 5. The van der Waals surface area contributed by atoms with Crippen molar-refractivity contribution in [2.75, 3.05) is 0 Å². The predicted octanol–water partition coefficient (Wildman–Crippen LogP) is 2.86. The number of rotatable bonds is 4. The van der Waals surface area contributed by atoms with Crippen molar-refractivity contribution in [2.24, 2.45) is 29.6 Å². The van der Waals surface area contributed by atoms with Gasteiger partial charge in [-0.25, -0.2) is 0 Å². The standard InChI is InChI=1S/C16H24O4/c1-3-16(20-15(19)9(2)14(17)18)8-10-7-13(16)12-6-4-5-11(10)12/h9-13H,3-8H2,1-2H3,(H,17,18). The topological polar surface area (TPSA) is 63.6 Å². The van der Waals surface area contributed by atoms with Crippen LogP contribution in [-0.2, 0) is 14.3 Å². The molecule has 3 aliphatic rings. The van der Waals surface area contributed by atoms with E-state index in [1.54, 1.807) is 0 Å². The molecule has 4 nitrogen and oxygen atoms in total. The van der Waals surface area contributed by atoms with Crippen LogP contribution in [0.25, 0.3) is 0 Å². The molecular weight excluding hydrogens is 256 g/mol. The van der Waals surface area contributed by atoms with E-state index in [2.05, 4.69) is 6.92 Å². The Bertz CT molecular complexity index is 432. The summed E-state index contributed by atoms with van der Waals surface area (Å²) in [6.07, 6.45) is 6.85. The van der Waals surface area contributed by atoms with Gasteiger partial charge in [-0.2, -0.15) is 0 Å². The number of carbonyl (C=O) groups is 2. The van der Waals surface area contributed by atoms with Gasteiger partial charge in [-0.15, -0.1) is 0 Å². The van der Waals surface area contributed by atoms with Crippen LogP contribution in [0.2, 0.25) is 0 Å². The Kier molecular flexibility index (Phi) is 3.30. The maximum absolute atomic E-state index is 12.1. The third-order valence-electron chi connectivity index (χ3n) is 6.21. The van der Waals surface area contributed by atoms with Gasteiger partial charge >= 0.3 is 11.9 Å². The van der Waals surface area contributed by atoms with E-state index in [1.807, 2.05) is 0 Å². The number of esters is 1. The van der Waals surface area contributed by atoms with E-state index in [4.69, 9.17) is 9.84 Å². The van der Waals surface area contributed by atoms with Gasteiger partial charge in [-0.3, -0.25) is 9.59 Å². The van der Waals surface area contributed by atoms with Crippen LogP contribution in [-0.4, -0.2) is 22.6 Å². The van der Waals surface area contributed by atoms with E-state index in [1.165, 1.54) is 32.6 Å². The van der Waals surface area contributed by atoms with Crippen LogP contribution in [0.15, 0.2) is 0 Å². The molecule has 112 valence electrons. The molecule has 3 saturated carbocycles. The molecule has 0 aliphatic heterocycles. The summed E-state index contributed by atoms with van der Waals surface area (Å²) in [5, 5.41) is 8.96. The average molecular weight is 280 g/mol. The smallest absolute Gasteiger partial charge is 0.320 e. The van der Waals surface area contributed by atoms with E-state index in [0.717, 1.165) is 18.8 Å². The molecule has 6 unspecified atom stereocenters. The molecule has 0 aromatic carbocycles. The van der Waals surface area contributed by atoms with Crippen LogP contribution in [0.4, 0.5) is 0 Å². The van der Waals surface area contributed by atoms with Gasteiger partial charge in [-0.1, -0.05) is 13.3 Å². The molecule has 0 spiro atoms. The van der Waals surface area contributed by atoms with E-state index in [0.29, 0.717) is 17.8 Å².